The second-order valence-corrected chi connectivity index (χ2v) is 3.56. The molecule has 0 radical (unpaired) electrons. The molecule has 1 atom stereocenters. The predicted octanol–water partition coefficient (Wildman–Crippen LogP) is 1.29. The highest BCUT2D eigenvalue weighted by Gasteiger charge is 2.23. The standard InChI is InChI=1S/C11H13NO2/c1-7-3-2-4-8-10(13)9(12)5-6-14-11(7)8/h2-4,9H,5-6,12H2,1H3/t9-/m0/s1. The fraction of sp³-hybridized carbons (Fsp3) is 0.364. The molecule has 0 saturated heterocycles. The van der Waals surface area contributed by atoms with E-state index in [1.807, 2.05) is 19.1 Å². The molecule has 0 aliphatic carbocycles. The Balaban J connectivity index is 2.53. The van der Waals surface area contributed by atoms with Crippen molar-refractivity contribution in [2.75, 3.05) is 6.61 Å². The van der Waals surface area contributed by atoms with Crippen molar-refractivity contribution in [3.63, 3.8) is 0 Å². The maximum absolute atomic E-state index is 11.8. The number of hydrogen-bond donors (Lipinski definition) is 1. The van der Waals surface area contributed by atoms with E-state index in [2.05, 4.69) is 0 Å². The number of hydrogen-bond acceptors (Lipinski definition) is 3. The van der Waals surface area contributed by atoms with E-state index in [0.717, 1.165) is 5.56 Å². The number of para-hydroxylation sites is 1. The van der Waals surface area contributed by atoms with Crippen LogP contribution in [0.1, 0.15) is 22.3 Å². The van der Waals surface area contributed by atoms with Crippen LogP contribution >= 0.6 is 0 Å². The molecule has 0 spiro atoms. The first-order valence-corrected chi connectivity index (χ1v) is 4.72. The SMILES string of the molecule is Cc1cccc2c1OCC[C@H](N)C2=O. The molecule has 0 aromatic heterocycles. The average molecular weight is 191 g/mol. The Kier molecular flexibility index (Phi) is 2.25. The summed E-state index contributed by atoms with van der Waals surface area (Å²) in [4.78, 5) is 11.8. The number of fused-ring (bicyclic) bond motifs is 1. The van der Waals surface area contributed by atoms with Gasteiger partial charge in [0, 0.05) is 6.42 Å². The first kappa shape index (κ1) is 9.21. The summed E-state index contributed by atoms with van der Waals surface area (Å²) in [5, 5.41) is 0. The number of ketones is 1. The van der Waals surface area contributed by atoms with Gasteiger partial charge in [-0.15, -0.1) is 0 Å². The molecule has 1 heterocycles. The van der Waals surface area contributed by atoms with Gasteiger partial charge >= 0.3 is 0 Å². The molecular formula is C11H13NO2. The Morgan fingerprint density at radius 3 is 3.07 bits per heavy atom. The van der Waals surface area contributed by atoms with Gasteiger partial charge < -0.3 is 10.5 Å². The highest BCUT2D eigenvalue weighted by atomic mass is 16.5. The Labute approximate surface area is 82.9 Å². The predicted molar refractivity (Wildman–Crippen MR) is 53.6 cm³/mol. The van der Waals surface area contributed by atoms with Gasteiger partial charge in [0.15, 0.2) is 5.78 Å². The maximum atomic E-state index is 11.8. The fourth-order valence-corrected chi connectivity index (χ4v) is 1.66. The second kappa shape index (κ2) is 3.42. The summed E-state index contributed by atoms with van der Waals surface area (Å²) >= 11 is 0. The van der Waals surface area contributed by atoms with E-state index in [9.17, 15) is 4.79 Å². The minimum Gasteiger partial charge on any atom is -0.492 e. The van der Waals surface area contributed by atoms with E-state index in [-0.39, 0.29) is 5.78 Å². The molecule has 1 aromatic rings. The number of rotatable bonds is 0. The van der Waals surface area contributed by atoms with Gasteiger partial charge in [0.25, 0.3) is 0 Å². The van der Waals surface area contributed by atoms with Gasteiger partial charge in [-0.3, -0.25) is 4.79 Å². The average Bonchev–Trinajstić information content (AvgIpc) is 2.31. The Hall–Kier alpha value is -1.35. The molecule has 3 nitrogen and oxygen atoms in total. The second-order valence-electron chi connectivity index (χ2n) is 3.56. The van der Waals surface area contributed by atoms with Crippen LogP contribution in [-0.4, -0.2) is 18.4 Å². The Bertz CT molecular complexity index is 374. The number of ether oxygens (including phenoxy) is 1. The topological polar surface area (TPSA) is 52.3 Å². The summed E-state index contributed by atoms with van der Waals surface area (Å²) in [5.41, 5.74) is 7.32. The molecule has 0 fully saturated rings. The summed E-state index contributed by atoms with van der Waals surface area (Å²) < 4.78 is 5.52. The fourth-order valence-electron chi connectivity index (χ4n) is 1.66. The third kappa shape index (κ3) is 1.40. The van der Waals surface area contributed by atoms with Gasteiger partial charge in [0.05, 0.1) is 18.2 Å². The number of carbonyl (C=O) groups excluding carboxylic acids is 1. The van der Waals surface area contributed by atoms with Crippen molar-refractivity contribution in [3.8, 4) is 5.75 Å². The number of aryl methyl sites for hydroxylation is 1. The lowest BCUT2D eigenvalue weighted by Gasteiger charge is -2.08. The van der Waals surface area contributed by atoms with Gasteiger partial charge in [-0.25, -0.2) is 0 Å². The lowest BCUT2D eigenvalue weighted by atomic mass is 10.0. The number of benzene rings is 1. The molecule has 1 aliphatic rings. The molecule has 14 heavy (non-hydrogen) atoms. The maximum Gasteiger partial charge on any atom is 0.183 e. The zero-order valence-corrected chi connectivity index (χ0v) is 8.12. The number of nitrogens with two attached hydrogens (primary N) is 1. The Morgan fingerprint density at radius 2 is 2.29 bits per heavy atom. The van der Waals surface area contributed by atoms with Crippen molar-refractivity contribution in [1.29, 1.82) is 0 Å². The number of Topliss-reactive ketones (excluding diaryl/α,β-unsaturated/α-hetero) is 1. The molecule has 0 bridgehead atoms. The summed E-state index contributed by atoms with van der Waals surface area (Å²) in [7, 11) is 0. The van der Waals surface area contributed by atoms with Crippen LogP contribution in [0.5, 0.6) is 5.75 Å². The highest BCUT2D eigenvalue weighted by Crippen LogP contribution is 2.27. The minimum atomic E-state index is -0.418. The molecule has 0 unspecified atom stereocenters. The lowest BCUT2D eigenvalue weighted by Crippen LogP contribution is -2.30. The monoisotopic (exact) mass is 191 g/mol. The van der Waals surface area contributed by atoms with Crippen LogP contribution in [0.2, 0.25) is 0 Å². The smallest absolute Gasteiger partial charge is 0.183 e. The molecule has 2 rings (SSSR count). The summed E-state index contributed by atoms with van der Waals surface area (Å²) in [5.74, 6) is 0.687. The van der Waals surface area contributed by atoms with E-state index in [4.69, 9.17) is 10.5 Å². The van der Waals surface area contributed by atoms with Crippen molar-refractivity contribution in [1.82, 2.24) is 0 Å². The van der Waals surface area contributed by atoms with E-state index in [1.165, 1.54) is 0 Å². The zero-order valence-electron chi connectivity index (χ0n) is 8.12. The first-order valence-electron chi connectivity index (χ1n) is 4.72. The van der Waals surface area contributed by atoms with E-state index >= 15 is 0 Å². The summed E-state index contributed by atoms with van der Waals surface area (Å²) in [6, 6.07) is 5.14. The van der Waals surface area contributed by atoms with Crippen LogP contribution in [0, 0.1) is 6.92 Å². The zero-order chi connectivity index (χ0) is 10.1. The largest absolute Gasteiger partial charge is 0.492 e. The molecule has 1 aliphatic heterocycles. The van der Waals surface area contributed by atoms with Crippen LogP contribution in [-0.2, 0) is 0 Å². The molecule has 3 heteroatoms. The van der Waals surface area contributed by atoms with Crippen LogP contribution in [0.3, 0.4) is 0 Å². The molecule has 2 N–H and O–H groups in total. The molecule has 0 amide bonds. The van der Waals surface area contributed by atoms with Crippen molar-refractivity contribution in [2.45, 2.75) is 19.4 Å². The van der Waals surface area contributed by atoms with Crippen LogP contribution < -0.4 is 10.5 Å². The highest BCUT2D eigenvalue weighted by molar-refractivity contribution is 6.02. The van der Waals surface area contributed by atoms with Gasteiger partial charge in [-0.1, -0.05) is 12.1 Å². The third-order valence-corrected chi connectivity index (χ3v) is 2.49. The van der Waals surface area contributed by atoms with Crippen LogP contribution in [0.25, 0.3) is 0 Å². The van der Waals surface area contributed by atoms with Crippen molar-refractivity contribution < 1.29 is 9.53 Å². The van der Waals surface area contributed by atoms with Crippen molar-refractivity contribution in [2.24, 2.45) is 5.73 Å². The summed E-state index contributed by atoms with van der Waals surface area (Å²) in [6.45, 7) is 2.45. The van der Waals surface area contributed by atoms with Gasteiger partial charge in [0.2, 0.25) is 0 Å². The Morgan fingerprint density at radius 1 is 1.50 bits per heavy atom. The van der Waals surface area contributed by atoms with Gasteiger partial charge in [-0.2, -0.15) is 0 Å². The molecule has 74 valence electrons. The van der Waals surface area contributed by atoms with E-state index < -0.39 is 6.04 Å². The molecule has 0 saturated carbocycles. The number of carbonyl (C=O) groups is 1. The van der Waals surface area contributed by atoms with Crippen LogP contribution in [0.15, 0.2) is 18.2 Å². The van der Waals surface area contributed by atoms with Gasteiger partial charge in [-0.05, 0) is 18.6 Å². The first-order chi connectivity index (χ1) is 6.70. The van der Waals surface area contributed by atoms with E-state index in [0.29, 0.717) is 24.3 Å². The molecule has 1 aromatic carbocycles. The quantitative estimate of drug-likeness (QED) is 0.672. The van der Waals surface area contributed by atoms with Gasteiger partial charge in [0.1, 0.15) is 5.75 Å². The minimum absolute atomic E-state index is 0.0128. The summed E-state index contributed by atoms with van der Waals surface area (Å²) in [6.07, 6.45) is 0.590. The normalized spacial score (nSPS) is 21.0. The van der Waals surface area contributed by atoms with Crippen LogP contribution in [0.4, 0.5) is 0 Å². The van der Waals surface area contributed by atoms with E-state index in [1.54, 1.807) is 6.07 Å². The third-order valence-electron chi connectivity index (χ3n) is 2.49. The molecular weight excluding hydrogens is 178 g/mol. The lowest BCUT2D eigenvalue weighted by molar-refractivity contribution is 0.0960. The van der Waals surface area contributed by atoms with Crippen molar-refractivity contribution >= 4 is 5.78 Å². The van der Waals surface area contributed by atoms with Crippen molar-refractivity contribution in [3.05, 3.63) is 29.3 Å².